The maximum Gasteiger partial charge on any atom is 0.345 e. The van der Waals surface area contributed by atoms with Gasteiger partial charge < -0.3 is 18.3 Å². The quantitative estimate of drug-likeness (QED) is 0.118. The van der Waals surface area contributed by atoms with Gasteiger partial charge in [0.2, 0.25) is 0 Å². The molecule has 0 spiro atoms. The normalized spacial score (nSPS) is 11.9. The minimum Gasteiger partial charge on any atom is -0.496 e. The van der Waals surface area contributed by atoms with Gasteiger partial charge in [0.25, 0.3) is 0 Å². The number of fused-ring (bicyclic) bond motifs is 4. The first kappa shape index (κ1) is 35.0. The monoisotopic (exact) mass is 778 g/mol. The van der Waals surface area contributed by atoms with Crippen LogP contribution >= 0.6 is 34.0 Å². The minimum atomic E-state index is -0.411. The topological polar surface area (TPSA) is 78.9 Å². The molecular weight excluding hydrogens is 745 g/mol. The molecule has 5 heterocycles. The molecule has 4 aromatic carbocycles. The van der Waals surface area contributed by atoms with Gasteiger partial charge >= 0.3 is 11.3 Å². The summed E-state index contributed by atoms with van der Waals surface area (Å²) in [5, 5.41) is 3.82. The van der Waals surface area contributed by atoms with Crippen molar-refractivity contribution < 1.29 is 18.3 Å². The molecule has 0 unspecified atom stereocenters. The zero-order chi connectivity index (χ0) is 38.0. The van der Waals surface area contributed by atoms with Gasteiger partial charge in [0.05, 0.1) is 30.7 Å². The van der Waals surface area contributed by atoms with Crippen molar-refractivity contribution in [2.45, 2.75) is 26.2 Å². The number of hydrogen-bond donors (Lipinski definition) is 0. The number of rotatable bonds is 7. The summed E-state index contributed by atoms with van der Waals surface area (Å²) in [6, 6.07) is 38.4. The maximum absolute atomic E-state index is 13.2. The molecule has 272 valence electrons. The van der Waals surface area contributed by atoms with Crippen LogP contribution in [-0.4, -0.2) is 14.2 Å². The van der Waals surface area contributed by atoms with Crippen molar-refractivity contribution in [1.29, 1.82) is 0 Å². The van der Waals surface area contributed by atoms with E-state index < -0.39 is 5.63 Å². The fraction of sp³-hybridized carbons (Fsp3) is 0.130. The average molecular weight is 779 g/mol. The van der Waals surface area contributed by atoms with Crippen LogP contribution in [0.5, 0.6) is 11.5 Å². The minimum absolute atomic E-state index is 0.0398. The summed E-state index contributed by atoms with van der Waals surface area (Å²) in [5.74, 6) is 1.13. The molecule has 0 saturated carbocycles. The van der Waals surface area contributed by atoms with Crippen molar-refractivity contribution in [3.05, 3.63) is 142 Å². The molecule has 0 amide bonds. The van der Waals surface area contributed by atoms with Gasteiger partial charge in [-0.3, -0.25) is 0 Å². The summed E-state index contributed by atoms with van der Waals surface area (Å²) in [7, 11) is 3.14. The lowest BCUT2D eigenvalue weighted by Crippen LogP contribution is -2.10. The molecule has 9 heteroatoms. The van der Waals surface area contributed by atoms with Crippen molar-refractivity contribution in [3.63, 3.8) is 0 Å². The van der Waals surface area contributed by atoms with Crippen molar-refractivity contribution >= 4 is 66.7 Å². The standard InChI is InChI=1S/C46H34O6S3/c1-46(2,3)28-11-12-30-27(20-28)10-13-35-32(30)23-31(44(47)51-35)25-6-8-26(9-7-25)38-14-16-40(53-38)42-18-19-43(55-42)41-17-15-39(54-41)34-24-33-36(50-5)21-29(49-4)22-37(33)52-45(34)48/h6-24H,1-5H3. The summed E-state index contributed by atoms with van der Waals surface area (Å²) in [6.45, 7) is 6.63. The molecule has 0 radical (unpaired) electrons. The highest BCUT2D eigenvalue weighted by Crippen LogP contribution is 2.44. The third kappa shape index (κ3) is 6.38. The molecular formula is C46H34O6S3. The molecule has 0 saturated heterocycles. The Balaban J connectivity index is 0.962. The van der Waals surface area contributed by atoms with E-state index in [0.29, 0.717) is 39.2 Å². The second-order valence-electron chi connectivity index (χ2n) is 14.4. The number of ether oxygens (including phenoxy) is 2. The van der Waals surface area contributed by atoms with Crippen LogP contribution in [0.25, 0.3) is 84.2 Å². The Morgan fingerprint density at radius 2 is 1.07 bits per heavy atom. The first-order valence-electron chi connectivity index (χ1n) is 17.7. The van der Waals surface area contributed by atoms with Crippen LogP contribution in [0.3, 0.4) is 0 Å². The summed E-state index contributed by atoms with van der Waals surface area (Å²) in [4.78, 5) is 32.7. The highest BCUT2D eigenvalue weighted by molar-refractivity contribution is 7.27. The van der Waals surface area contributed by atoms with Crippen molar-refractivity contribution in [2.75, 3.05) is 14.2 Å². The summed E-state index contributed by atoms with van der Waals surface area (Å²) in [6.07, 6.45) is 0. The van der Waals surface area contributed by atoms with Crippen LogP contribution in [-0.2, 0) is 5.41 Å². The molecule has 0 aliphatic carbocycles. The van der Waals surface area contributed by atoms with Gasteiger partial charge in [0.1, 0.15) is 22.7 Å². The lowest BCUT2D eigenvalue weighted by atomic mass is 9.85. The van der Waals surface area contributed by atoms with E-state index in [0.717, 1.165) is 51.7 Å². The molecule has 0 aliphatic rings. The largest absolute Gasteiger partial charge is 0.496 e. The van der Waals surface area contributed by atoms with Crippen molar-refractivity contribution in [3.8, 4) is 63.0 Å². The number of benzene rings is 4. The fourth-order valence-electron chi connectivity index (χ4n) is 6.88. The van der Waals surface area contributed by atoms with E-state index in [4.69, 9.17) is 18.3 Å². The number of thiophene rings is 3. The molecule has 0 bridgehead atoms. The Labute approximate surface area is 328 Å². The Hall–Kier alpha value is -5.74. The lowest BCUT2D eigenvalue weighted by molar-refractivity contribution is 0.396. The van der Waals surface area contributed by atoms with Gasteiger partial charge in [0.15, 0.2) is 0 Å². The lowest BCUT2D eigenvalue weighted by Gasteiger charge is -2.19. The van der Waals surface area contributed by atoms with E-state index >= 15 is 0 Å². The Morgan fingerprint density at radius 3 is 1.75 bits per heavy atom. The molecule has 6 nitrogen and oxygen atoms in total. The Morgan fingerprint density at radius 1 is 0.491 bits per heavy atom. The summed E-state index contributed by atoms with van der Waals surface area (Å²) in [5.41, 5.74) is 4.47. The Bertz CT molecular complexity index is 3040. The SMILES string of the molecule is COc1cc(OC)c2cc(-c3ccc(-c4ccc(-c5ccc(-c6ccc(-c7cc8c(ccc9cc(C(C)(C)C)ccc98)oc7=O)cc6)s5)s4)s3)c(=O)oc2c1. The van der Waals surface area contributed by atoms with Gasteiger partial charge in [-0.05, 0) is 87.5 Å². The second-order valence-corrected chi connectivity index (χ2v) is 17.6. The Kier molecular flexibility index (Phi) is 8.61. The third-order valence-electron chi connectivity index (χ3n) is 9.89. The maximum atomic E-state index is 13.2. The fourth-order valence-corrected chi connectivity index (χ4v) is 10.1. The van der Waals surface area contributed by atoms with Crippen LogP contribution < -0.4 is 20.7 Å². The molecule has 0 N–H and O–H groups in total. The average Bonchev–Trinajstić information content (AvgIpc) is 3.98. The first-order valence-corrected chi connectivity index (χ1v) is 20.1. The summed E-state index contributed by atoms with van der Waals surface area (Å²) >= 11 is 5.00. The van der Waals surface area contributed by atoms with Gasteiger partial charge in [0, 0.05) is 46.8 Å². The van der Waals surface area contributed by atoms with E-state index in [-0.39, 0.29) is 11.0 Å². The first-order chi connectivity index (χ1) is 26.6. The van der Waals surface area contributed by atoms with Gasteiger partial charge in [-0.1, -0.05) is 69.3 Å². The van der Waals surface area contributed by atoms with Crippen molar-refractivity contribution in [1.82, 2.24) is 0 Å². The highest BCUT2D eigenvalue weighted by Gasteiger charge is 2.18. The van der Waals surface area contributed by atoms with E-state index in [1.807, 2.05) is 48.5 Å². The van der Waals surface area contributed by atoms with Crippen molar-refractivity contribution in [2.24, 2.45) is 0 Å². The zero-order valence-corrected chi connectivity index (χ0v) is 33.1. The molecule has 0 aliphatic heterocycles. The van der Waals surface area contributed by atoms with Gasteiger partial charge in [-0.2, -0.15) is 0 Å². The third-order valence-corrected chi connectivity index (χ3v) is 13.6. The van der Waals surface area contributed by atoms with Gasteiger partial charge in [-0.15, -0.1) is 34.0 Å². The van der Waals surface area contributed by atoms with Crippen LogP contribution in [0.2, 0.25) is 0 Å². The van der Waals surface area contributed by atoms with Crippen LogP contribution in [0.15, 0.2) is 134 Å². The van der Waals surface area contributed by atoms with E-state index in [1.165, 1.54) is 10.4 Å². The summed E-state index contributed by atoms with van der Waals surface area (Å²) < 4.78 is 22.4. The molecule has 9 aromatic rings. The number of hydrogen-bond acceptors (Lipinski definition) is 9. The van der Waals surface area contributed by atoms with Crippen LogP contribution in [0.1, 0.15) is 26.3 Å². The van der Waals surface area contributed by atoms with E-state index in [2.05, 4.69) is 75.4 Å². The predicted molar refractivity (Wildman–Crippen MR) is 229 cm³/mol. The molecule has 0 atom stereocenters. The van der Waals surface area contributed by atoms with Crippen LogP contribution in [0, 0.1) is 0 Å². The van der Waals surface area contributed by atoms with E-state index in [9.17, 15) is 9.59 Å². The number of methoxy groups -OCH3 is 2. The molecule has 55 heavy (non-hydrogen) atoms. The van der Waals surface area contributed by atoms with E-state index in [1.54, 1.807) is 60.4 Å². The zero-order valence-electron chi connectivity index (χ0n) is 30.6. The second kappa shape index (κ2) is 13.5. The molecule has 5 aromatic heterocycles. The van der Waals surface area contributed by atoms with Gasteiger partial charge in [-0.25, -0.2) is 9.59 Å². The highest BCUT2D eigenvalue weighted by atomic mass is 32.1. The smallest absolute Gasteiger partial charge is 0.345 e. The molecule has 0 fully saturated rings. The van der Waals surface area contributed by atoms with Crippen LogP contribution in [0.4, 0.5) is 0 Å². The molecule has 9 rings (SSSR count). The predicted octanol–water partition coefficient (Wildman–Crippen LogP) is 12.9.